The van der Waals surface area contributed by atoms with Crippen molar-refractivity contribution >= 4 is 6.09 Å². The maximum absolute atomic E-state index is 10.8. The van der Waals surface area contributed by atoms with Crippen LogP contribution in [0.4, 0.5) is 4.79 Å². The SMILES string of the molecule is O=C(NC(O)O)OCc1ccccc1. The maximum atomic E-state index is 10.8. The lowest BCUT2D eigenvalue weighted by Crippen LogP contribution is -2.34. The Morgan fingerprint density at radius 1 is 1.36 bits per heavy atom. The number of aliphatic hydroxyl groups is 2. The van der Waals surface area contributed by atoms with Crippen LogP contribution in [0.25, 0.3) is 0 Å². The molecule has 0 saturated carbocycles. The third-order valence-electron chi connectivity index (χ3n) is 1.46. The summed E-state index contributed by atoms with van der Waals surface area (Å²) in [6.45, 7) is 0.0966. The number of benzene rings is 1. The zero-order valence-electron chi connectivity index (χ0n) is 7.38. The van der Waals surface area contributed by atoms with Crippen LogP contribution in [-0.4, -0.2) is 22.7 Å². The molecule has 0 spiro atoms. The van der Waals surface area contributed by atoms with Crippen LogP contribution < -0.4 is 5.32 Å². The van der Waals surface area contributed by atoms with Gasteiger partial charge in [0, 0.05) is 0 Å². The van der Waals surface area contributed by atoms with E-state index in [0.29, 0.717) is 0 Å². The molecule has 1 aromatic carbocycles. The summed E-state index contributed by atoms with van der Waals surface area (Å²) in [7, 11) is 0. The van der Waals surface area contributed by atoms with Crippen LogP contribution in [0.1, 0.15) is 5.56 Å². The number of alkyl carbamates (subject to hydrolysis) is 1. The Bertz CT molecular complexity index is 286. The average Bonchev–Trinajstić information content (AvgIpc) is 2.15. The lowest BCUT2D eigenvalue weighted by atomic mass is 10.2. The highest BCUT2D eigenvalue weighted by molar-refractivity contribution is 5.67. The molecule has 0 unspecified atom stereocenters. The van der Waals surface area contributed by atoms with Gasteiger partial charge in [-0.1, -0.05) is 30.3 Å². The molecule has 76 valence electrons. The standard InChI is InChI=1S/C9H11NO4/c11-8(12)10-9(13)14-6-7-4-2-1-3-5-7/h1-5,8,11-12H,6H2,(H,10,13). The van der Waals surface area contributed by atoms with E-state index in [4.69, 9.17) is 10.2 Å². The highest BCUT2D eigenvalue weighted by Gasteiger charge is 2.05. The number of hydrogen-bond donors (Lipinski definition) is 3. The van der Waals surface area contributed by atoms with Gasteiger partial charge in [-0.2, -0.15) is 0 Å². The maximum Gasteiger partial charge on any atom is 0.411 e. The van der Waals surface area contributed by atoms with Gasteiger partial charge in [-0.15, -0.1) is 0 Å². The summed E-state index contributed by atoms with van der Waals surface area (Å²) in [6.07, 6.45) is -2.76. The van der Waals surface area contributed by atoms with Gasteiger partial charge in [0.05, 0.1) is 0 Å². The molecule has 0 aliphatic carbocycles. The predicted molar refractivity (Wildman–Crippen MR) is 48.0 cm³/mol. The van der Waals surface area contributed by atoms with E-state index in [1.807, 2.05) is 18.2 Å². The van der Waals surface area contributed by atoms with Gasteiger partial charge in [-0.25, -0.2) is 4.79 Å². The molecule has 0 saturated heterocycles. The number of amides is 1. The Morgan fingerprint density at radius 2 is 2.00 bits per heavy atom. The quantitative estimate of drug-likeness (QED) is 0.604. The molecule has 0 heterocycles. The van der Waals surface area contributed by atoms with E-state index < -0.39 is 12.5 Å². The van der Waals surface area contributed by atoms with E-state index in [1.165, 1.54) is 0 Å². The monoisotopic (exact) mass is 197 g/mol. The molecule has 0 aliphatic heterocycles. The number of aliphatic hydroxyl groups excluding tert-OH is 1. The van der Waals surface area contributed by atoms with Gasteiger partial charge >= 0.3 is 6.09 Å². The highest BCUT2D eigenvalue weighted by atomic mass is 16.6. The summed E-state index contributed by atoms with van der Waals surface area (Å²) in [5.74, 6) is 0. The number of ether oxygens (including phenoxy) is 1. The lowest BCUT2D eigenvalue weighted by molar-refractivity contribution is -0.0625. The van der Waals surface area contributed by atoms with Gasteiger partial charge in [0.15, 0.2) is 0 Å². The fourth-order valence-corrected chi connectivity index (χ4v) is 0.870. The number of carbonyl (C=O) groups excluding carboxylic acids is 1. The summed E-state index contributed by atoms with van der Waals surface area (Å²) >= 11 is 0. The molecular weight excluding hydrogens is 186 g/mol. The Labute approximate surface area is 80.9 Å². The molecule has 3 N–H and O–H groups in total. The molecule has 0 aliphatic rings. The van der Waals surface area contributed by atoms with Gasteiger partial charge < -0.3 is 14.9 Å². The van der Waals surface area contributed by atoms with Crippen molar-refractivity contribution in [1.82, 2.24) is 5.32 Å². The van der Waals surface area contributed by atoms with Gasteiger partial charge in [0.1, 0.15) is 6.61 Å². The lowest BCUT2D eigenvalue weighted by Gasteiger charge is -2.07. The third kappa shape index (κ3) is 3.88. The molecule has 5 heteroatoms. The minimum absolute atomic E-state index is 0.0966. The van der Waals surface area contributed by atoms with Crippen LogP contribution in [0.2, 0.25) is 0 Å². The molecule has 0 atom stereocenters. The fraction of sp³-hybridized carbons (Fsp3) is 0.222. The first-order valence-electron chi connectivity index (χ1n) is 4.02. The van der Waals surface area contributed by atoms with Crippen molar-refractivity contribution in [3.05, 3.63) is 35.9 Å². The molecular formula is C9H11NO4. The molecule has 5 nitrogen and oxygen atoms in total. The van der Waals surface area contributed by atoms with Crippen LogP contribution in [0, 0.1) is 0 Å². The highest BCUT2D eigenvalue weighted by Crippen LogP contribution is 2.00. The number of nitrogens with one attached hydrogen (secondary N) is 1. The first kappa shape index (κ1) is 10.5. The first-order chi connectivity index (χ1) is 6.68. The minimum atomic E-state index is -1.89. The summed E-state index contributed by atoms with van der Waals surface area (Å²) in [5.41, 5.74) is 0.829. The Kier molecular flexibility index (Phi) is 3.90. The van der Waals surface area contributed by atoms with E-state index in [9.17, 15) is 4.79 Å². The predicted octanol–water partition coefficient (Wildman–Crippen LogP) is 0.181. The second kappa shape index (κ2) is 5.21. The Hall–Kier alpha value is -1.59. The molecule has 1 amide bonds. The van der Waals surface area contributed by atoms with Crippen molar-refractivity contribution in [2.75, 3.05) is 0 Å². The van der Waals surface area contributed by atoms with Crippen molar-refractivity contribution in [3.8, 4) is 0 Å². The number of hydrogen-bond acceptors (Lipinski definition) is 4. The minimum Gasteiger partial charge on any atom is -0.445 e. The zero-order valence-corrected chi connectivity index (χ0v) is 7.38. The second-order valence-electron chi connectivity index (χ2n) is 2.58. The van der Waals surface area contributed by atoms with Crippen LogP contribution in [0.3, 0.4) is 0 Å². The molecule has 14 heavy (non-hydrogen) atoms. The smallest absolute Gasteiger partial charge is 0.411 e. The number of carbonyl (C=O) groups is 1. The first-order valence-corrected chi connectivity index (χ1v) is 4.02. The Morgan fingerprint density at radius 3 is 2.57 bits per heavy atom. The normalized spacial score (nSPS) is 9.93. The van der Waals surface area contributed by atoms with Gasteiger partial charge in [0.2, 0.25) is 6.41 Å². The average molecular weight is 197 g/mol. The van der Waals surface area contributed by atoms with Crippen molar-refractivity contribution in [3.63, 3.8) is 0 Å². The van der Waals surface area contributed by atoms with E-state index in [1.54, 1.807) is 17.4 Å². The van der Waals surface area contributed by atoms with Crippen LogP contribution in [-0.2, 0) is 11.3 Å². The summed E-state index contributed by atoms with van der Waals surface area (Å²) in [5, 5.41) is 18.5. The van der Waals surface area contributed by atoms with Gasteiger partial charge in [-0.05, 0) is 5.56 Å². The molecule has 1 aromatic rings. The van der Waals surface area contributed by atoms with E-state index >= 15 is 0 Å². The zero-order chi connectivity index (χ0) is 10.4. The van der Waals surface area contributed by atoms with E-state index in [2.05, 4.69) is 4.74 Å². The largest absolute Gasteiger partial charge is 0.445 e. The van der Waals surface area contributed by atoms with Crippen molar-refractivity contribution in [1.29, 1.82) is 0 Å². The second-order valence-corrected chi connectivity index (χ2v) is 2.58. The van der Waals surface area contributed by atoms with Crippen molar-refractivity contribution in [2.45, 2.75) is 13.0 Å². The summed E-state index contributed by atoms with van der Waals surface area (Å²) < 4.78 is 4.67. The molecule has 0 radical (unpaired) electrons. The van der Waals surface area contributed by atoms with Crippen molar-refractivity contribution in [2.24, 2.45) is 0 Å². The summed E-state index contributed by atoms with van der Waals surface area (Å²) in [6, 6.07) is 9.07. The van der Waals surface area contributed by atoms with Crippen LogP contribution >= 0.6 is 0 Å². The van der Waals surface area contributed by atoms with Gasteiger partial charge in [-0.3, -0.25) is 5.32 Å². The van der Waals surface area contributed by atoms with Gasteiger partial charge in [0.25, 0.3) is 0 Å². The van der Waals surface area contributed by atoms with Crippen molar-refractivity contribution < 1.29 is 19.7 Å². The molecule has 0 aromatic heterocycles. The number of rotatable bonds is 3. The topological polar surface area (TPSA) is 78.8 Å². The van der Waals surface area contributed by atoms with E-state index in [-0.39, 0.29) is 6.61 Å². The third-order valence-corrected chi connectivity index (χ3v) is 1.46. The Balaban J connectivity index is 2.31. The molecule has 0 fully saturated rings. The van der Waals surface area contributed by atoms with Crippen LogP contribution in [0.15, 0.2) is 30.3 Å². The molecule has 0 bridgehead atoms. The van der Waals surface area contributed by atoms with Crippen LogP contribution in [0.5, 0.6) is 0 Å². The molecule has 1 rings (SSSR count). The summed E-state index contributed by atoms with van der Waals surface area (Å²) in [4.78, 5) is 10.8. The fourth-order valence-electron chi connectivity index (χ4n) is 0.870. The van der Waals surface area contributed by atoms with E-state index in [0.717, 1.165) is 5.56 Å².